The summed E-state index contributed by atoms with van der Waals surface area (Å²) < 4.78 is 0. The Kier molecular flexibility index (Phi) is 4.23. The third-order valence-electron chi connectivity index (χ3n) is 2.25. The van der Waals surface area contributed by atoms with Gasteiger partial charge < -0.3 is 11.1 Å². The SMILES string of the molecule is CC(CC(=O)Nc1cccc(C#N)c1)C(N)=O. The van der Waals surface area contributed by atoms with Gasteiger partial charge in [0.15, 0.2) is 0 Å². The van der Waals surface area contributed by atoms with Gasteiger partial charge in [-0.3, -0.25) is 9.59 Å². The molecule has 0 saturated carbocycles. The lowest BCUT2D eigenvalue weighted by molar-refractivity contribution is -0.125. The monoisotopic (exact) mass is 231 g/mol. The molecule has 0 radical (unpaired) electrons. The van der Waals surface area contributed by atoms with Crippen molar-refractivity contribution < 1.29 is 9.59 Å². The van der Waals surface area contributed by atoms with Gasteiger partial charge >= 0.3 is 0 Å². The van der Waals surface area contributed by atoms with Crippen molar-refractivity contribution in [1.82, 2.24) is 0 Å². The Morgan fingerprint density at radius 1 is 1.53 bits per heavy atom. The number of nitriles is 1. The van der Waals surface area contributed by atoms with Gasteiger partial charge in [0, 0.05) is 18.0 Å². The summed E-state index contributed by atoms with van der Waals surface area (Å²) >= 11 is 0. The Morgan fingerprint density at radius 2 is 2.24 bits per heavy atom. The molecule has 0 aliphatic carbocycles. The van der Waals surface area contributed by atoms with Crippen LogP contribution in [0.15, 0.2) is 24.3 Å². The molecule has 2 amide bonds. The number of nitrogens with zero attached hydrogens (tertiary/aromatic N) is 1. The maximum Gasteiger partial charge on any atom is 0.225 e. The summed E-state index contributed by atoms with van der Waals surface area (Å²) in [6, 6.07) is 8.52. The average Bonchev–Trinajstić information content (AvgIpc) is 2.28. The molecule has 1 rings (SSSR count). The number of carbonyl (C=O) groups excluding carboxylic acids is 2. The Labute approximate surface area is 99.2 Å². The standard InChI is InChI=1S/C12H13N3O2/c1-8(12(14)17)5-11(16)15-10-4-2-3-9(6-10)7-13/h2-4,6,8H,5H2,1H3,(H2,14,17)(H,15,16). The predicted molar refractivity (Wildman–Crippen MR) is 62.8 cm³/mol. The van der Waals surface area contributed by atoms with Crippen LogP contribution in [0.5, 0.6) is 0 Å². The molecule has 1 unspecified atom stereocenters. The van der Waals surface area contributed by atoms with Crippen molar-refractivity contribution in [1.29, 1.82) is 5.26 Å². The Balaban J connectivity index is 2.62. The fourth-order valence-corrected chi connectivity index (χ4v) is 1.26. The molecule has 0 saturated heterocycles. The molecule has 0 spiro atoms. The lowest BCUT2D eigenvalue weighted by Gasteiger charge is -2.08. The van der Waals surface area contributed by atoms with E-state index in [1.54, 1.807) is 31.2 Å². The number of amides is 2. The molecule has 1 atom stereocenters. The van der Waals surface area contributed by atoms with Gasteiger partial charge in [0.1, 0.15) is 0 Å². The van der Waals surface area contributed by atoms with Crippen LogP contribution in [-0.4, -0.2) is 11.8 Å². The van der Waals surface area contributed by atoms with Gasteiger partial charge in [-0.05, 0) is 18.2 Å². The lowest BCUT2D eigenvalue weighted by Crippen LogP contribution is -2.25. The molecule has 0 aliphatic heterocycles. The zero-order valence-electron chi connectivity index (χ0n) is 9.43. The molecular weight excluding hydrogens is 218 g/mol. The largest absolute Gasteiger partial charge is 0.369 e. The molecule has 1 aromatic carbocycles. The number of hydrogen-bond acceptors (Lipinski definition) is 3. The topological polar surface area (TPSA) is 96.0 Å². The third-order valence-corrected chi connectivity index (χ3v) is 2.25. The van der Waals surface area contributed by atoms with Crippen LogP contribution in [0.4, 0.5) is 5.69 Å². The first-order chi connectivity index (χ1) is 8.02. The van der Waals surface area contributed by atoms with E-state index < -0.39 is 11.8 Å². The van der Waals surface area contributed by atoms with Gasteiger partial charge in [-0.1, -0.05) is 13.0 Å². The summed E-state index contributed by atoms with van der Waals surface area (Å²) in [4.78, 5) is 22.3. The van der Waals surface area contributed by atoms with Gasteiger partial charge in [0.2, 0.25) is 11.8 Å². The molecule has 5 nitrogen and oxygen atoms in total. The van der Waals surface area contributed by atoms with E-state index in [0.29, 0.717) is 11.3 Å². The zero-order chi connectivity index (χ0) is 12.8. The second-order valence-electron chi connectivity index (χ2n) is 3.75. The quantitative estimate of drug-likeness (QED) is 0.809. The van der Waals surface area contributed by atoms with Crippen LogP contribution >= 0.6 is 0 Å². The summed E-state index contributed by atoms with van der Waals surface area (Å²) in [6.45, 7) is 1.59. The Morgan fingerprint density at radius 3 is 2.82 bits per heavy atom. The minimum Gasteiger partial charge on any atom is -0.369 e. The molecular formula is C12H13N3O2. The highest BCUT2D eigenvalue weighted by atomic mass is 16.2. The zero-order valence-corrected chi connectivity index (χ0v) is 9.43. The maximum atomic E-state index is 11.5. The molecule has 3 N–H and O–H groups in total. The molecule has 5 heteroatoms. The summed E-state index contributed by atoms with van der Waals surface area (Å²) in [7, 11) is 0. The molecule has 0 fully saturated rings. The maximum absolute atomic E-state index is 11.5. The number of hydrogen-bond donors (Lipinski definition) is 2. The van der Waals surface area contributed by atoms with Crippen LogP contribution in [-0.2, 0) is 9.59 Å². The molecule has 0 aliphatic rings. The summed E-state index contributed by atoms with van der Waals surface area (Å²) in [5.41, 5.74) is 6.06. The van der Waals surface area contributed by atoms with E-state index in [0.717, 1.165) is 0 Å². The van der Waals surface area contributed by atoms with Crippen LogP contribution < -0.4 is 11.1 Å². The summed E-state index contributed by atoms with van der Waals surface area (Å²) in [5.74, 6) is -1.31. The first kappa shape index (κ1) is 12.7. The second kappa shape index (κ2) is 5.66. The highest BCUT2D eigenvalue weighted by molar-refractivity contribution is 5.93. The van der Waals surface area contributed by atoms with Crippen LogP contribution in [0.3, 0.4) is 0 Å². The first-order valence-electron chi connectivity index (χ1n) is 5.12. The van der Waals surface area contributed by atoms with Gasteiger partial charge in [-0.25, -0.2) is 0 Å². The Bertz CT molecular complexity index is 477. The molecule has 0 aromatic heterocycles. The van der Waals surface area contributed by atoms with Crippen molar-refractivity contribution in [2.45, 2.75) is 13.3 Å². The molecule has 0 bridgehead atoms. The molecule has 88 valence electrons. The van der Waals surface area contributed by atoms with Crippen molar-refractivity contribution in [2.75, 3.05) is 5.32 Å². The fraction of sp³-hybridized carbons (Fsp3) is 0.250. The number of primary amides is 1. The van der Waals surface area contributed by atoms with E-state index in [1.165, 1.54) is 0 Å². The average molecular weight is 231 g/mol. The third kappa shape index (κ3) is 3.95. The van der Waals surface area contributed by atoms with E-state index >= 15 is 0 Å². The smallest absolute Gasteiger partial charge is 0.225 e. The van der Waals surface area contributed by atoms with E-state index in [-0.39, 0.29) is 12.3 Å². The lowest BCUT2D eigenvalue weighted by atomic mass is 10.1. The highest BCUT2D eigenvalue weighted by Crippen LogP contribution is 2.11. The van der Waals surface area contributed by atoms with Gasteiger partial charge in [-0.2, -0.15) is 5.26 Å². The van der Waals surface area contributed by atoms with E-state index in [4.69, 9.17) is 11.0 Å². The number of benzene rings is 1. The molecule has 0 heterocycles. The number of anilines is 1. The van der Waals surface area contributed by atoms with Crippen molar-refractivity contribution >= 4 is 17.5 Å². The van der Waals surface area contributed by atoms with E-state index in [9.17, 15) is 9.59 Å². The highest BCUT2D eigenvalue weighted by Gasteiger charge is 2.13. The Hall–Kier alpha value is -2.35. The number of nitrogens with two attached hydrogens (primary N) is 1. The van der Waals surface area contributed by atoms with Crippen molar-refractivity contribution in [3.63, 3.8) is 0 Å². The van der Waals surface area contributed by atoms with Crippen LogP contribution in [0, 0.1) is 17.2 Å². The van der Waals surface area contributed by atoms with Crippen LogP contribution in [0.25, 0.3) is 0 Å². The van der Waals surface area contributed by atoms with Crippen molar-refractivity contribution in [3.8, 4) is 6.07 Å². The van der Waals surface area contributed by atoms with Gasteiger partial charge in [0.05, 0.1) is 11.6 Å². The summed E-state index contributed by atoms with van der Waals surface area (Å²) in [5, 5.41) is 11.3. The predicted octanol–water partition coefficient (Wildman–Crippen LogP) is 1.01. The number of rotatable bonds is 4. The normalized spacial score (nSPS) is 11.3. The minimum atomic E-state index is -0.508. The number of nitrogens with one attached hydrogen (secondary N) is 1. The van der Waals surface area contributed by atoms with Crippen molar-refractivity contribution in [2.24, 2.45) is 11.7 Å². The summed E-state index contributed by atoms with van der Waals surface area (Å²) in [6.07, 6.45) is 0.0338. The minimum absolute atomic E-state index is 0.0338. The number of carbonyl (C=O) groups is 2. The fourth-order valence-electron chi connectivity index (χ4n) is 1.26. The molecule has 17 heavy (non-hydrogen) atoms. The van der Waals surface area contributed by atoms with Crippen LogP contribution in [0.2, 0.25) is 0 Å². The van der Waals surface area contributed by atoms with Gasteiger partial charge in [0.25, 0.3) is 0 Å². The van der Waals surface area contributed by atoms with Gasteiger partial charge in [-0.15, -0.1) is 0 Å². The first-order valence-corrected chi connectivity index (χ1v) is 5.12. The second-order valence-corrected chi connectivity index (χ2v) is 3.75. The van der Waals surface area contributed by atoms with Crippen LogP contribution in [0.1, 0.15) is 18.9 Å². The van der Waals surface area contributed by atoms with E-state index in [2.05, 4.69) is 5.32 Å². The van der Waals surface area contributed by atoms with E-state index in [1.807, 2.05) is 6.07 Å². The molecule has 1 aromatic rings. The van der Waals surface area contributed by atoms with Crippen molar-refractivity contribution in [3.05, 3.63) is 29.8 Å².